The van der Waals surface area contributed by atoms with Gasteiger partial charge in [-0.2, -0.15) is 0 Å². The second-order valence-corrected chi connectivity index (χ2v) is 8.11. The van der Waals surface area contributed by atoms with E-state index in [1.807, 2.05) is 31.5 Å². The first-order valence-corrected chi connectivity index (χ1v) is 9.59. The van der Waals surface area contributed by atoms with Crippen LogP contribution in [0.1, 0.15) is 29.9 Å². The van der Waals surface area contributed by atoms with Crippen LogP contribution in [0.2, 0.25) is 0 Å². The topological polar surface area (TPSA) is 41.7 Å². The first-order valence-electron chi connectivity index (χ1n) is 9.59. The van der Waals surface area contributed by atoms with Crippen LogP contribution in [0.5, 0.6) is 0 Å². The lowest BCUT2D eigenvalue weighted by atomic mass is 9.82. The zero-order chi connectivity index (χ0) is 18.0. The van der Waals surface area contributed by atoms with Gasteiger partial charge in [-0.05, 0) is 56.5 Å². The van der Waals surface area contributed by atoms with Gasteiger partial charge >= 0.3 is 0 Å². The molecule has 2 aliphatic heterocycles. The molecule has 2 fully saturated rings. The fraction of sp³-hybridized carbons (Fsp3) is 0.571. The van der Waals surface area contributed by atoms with Crippen LogP contribution in [0.4, 0.5) is 0 Å². The van der Waals surface area contributed by atoms with Gasteiger partial charge in [-0.25, -0.2) is 0 Å². The molecule has 4 heterocycles. The lowest BCUT2D eigenvalue weighted by Gasteiger charge is -2.53. The molecule has 1 spiro atoms. The Bertz CT molecular complexity index is 699. The summed E-state index contributed by atoms with van der Waals surface area (Å²) in [6.07, 6.45) is 6.20. The molecule has 0 N–H and O–H groups in total. The molecule has 2 saturated heterocycles. The number of hydrogen-bond donors (Lipinski definition) is 0. The fourth-order valence-electron chi connectivity index (χ4n) is 4.29. The average Bonchev–Trinajstić information content (AvgIpc) is 3.01. The lowest BCUT2D eigenvalue weighted by Crippen LogP contribution is -2.64. The number of nitrogens with zero attached hydrogens (tertiary/aromatic N) is 3. The Hall–Kier alpha value is -1.69. The van der Waals surface area contributed by atoms with Crippen LogP contribution >= 0.6 is 0 Å². The third-order valence-corrected chi connectivity index (χ3v) is 5.58. The molecule has 5 nitrogen and oxygen atoms in total. The van der Waals surface area contributed by atoms with Crippen molar-refractivity contribution >= 4 is 0 Å². The van der Waals surface area contributed by atoms with E-state index in [1.54, 1.807) is 0 Å². The zero-order valence-electron chi connectivity index (χ0n) is 15.9. The van der Waals surface area contributed by atoms with Gasteiger partial charge in [-0.15, -0.1) is 0 Å². The fourth-order valence-corrected chi connectivity index (χ4v) is 4.29. The highest BCUT2D eigenvalue weighted by Gasteiger charge is 2.46. The van der Waals surface area contributed by atoms with Crippen molar-refractivity contribution in [1.29, 1.82) is 0 Å². The summed E-state index contributed by atoms with van der Waals surface area (Å²) in [5.74, 6) is 2.68. The number of aryl methyl sites for hydroxylation is 1. The highest BCUT2D eigenvalue weighted by molar-refractivity contribution is 5.09. The molecule has 0 radical (unpaired) electrons. The summed E-state index contributed by atoms with van der Waals surface area (Å²) >= 11 is 0. The van der Waals surface area contributed by atoms with E-state index in [4.69, 9.17) is 9.15 Å². The number of likely N-dealkylation sites (tertiary alicyclic amines) is 1. The molecule has 0 amide bonds. The van der Waals surface area contributed by atoms with E-state index in [9.17, 15) is 0 Å². The van der Waals surface area contributed by atoms with Gasteiger partial charge in [0, 0.05) is 38.6 Å². The van der Waals surface area contributed by atoms with Gasteiger partial charge < -0.3 is 14.1 Å². The van der Waals surface area contributed by atoms with Gasteiger partial charge in [0.2, 0.25) is 0 Å². The Morgan fingerprint density at radius 3 is 2.85 bits per heavy atom. The molecule has 0 aliphatic carbocycles. The van der Waals surface area contributed by atoms with Crippen molar-refractivity contribution < 1.29 is 9.15 Å². The Kier molecular flexibility index (Phi) is 5.11. The van der Waals surface area contributed by atoms with Crippen molar-refractivity contribution in [2.45, 2.75) is 38.5 Å². The highest BCUT2D eigenvalue weighted by Crippen LogP contribution is 2.37. The molecular formula is C21H29N3O2. The lowest BCUT2D eigenvalue weighted by molar-refractivity contribution is -0.184. The van der Waals surface area contributed by atoms with E-state index in [0.717, 1.165) is 50.9 Å². The van der Waals surface area contributed by atoms with Crippen LogP contribution < -0.4 is 0 Å². The summed E-state index contributed by atoms with van der Waals surface area (Å²) in [5.41, 5.74) is 1.37. The SMILES string of the molecule is Cc1ccc(CN2CC3(CC[C@@H](CN(C)Cc4cccnc4)CO3)C2)o1. The second kappa shape index (κ2) is 7.51. The predicted molar refractivity (Wildman–Crippen MR) is 101 cm³/mol. The summed E-state index contributed by atoms with van der Waals surface area (Å²) in [6, 6.07) is 8.26. The zero-order valence-corrected chi connectivity index (χ0v) is 15.9. The Labute approximate surface area is 156 Å². The van der Waals surface area contributed by atoms with Crippen LogP contribution in [0.25, 0.3) is 0 Å². The van der Waals surface area contributed by atoms with Gasteiger partial charge in [0.25, 0.3) is 0 Å². The Morgan fingerprint density at radius 2 is 2.19 bits per heavy atom. The molecule has 26 heavy (non-hydrogen) atoms. The Morgan fingerprint density at radius 1 is 1.31 bits per heavy atom. The number of furan rings is 1. The molecule has 1 atom stereocenters. The first-order chi connectivity index (χ1) is 12.6. The number of ether oxygens (including phenoxy) is 1. The maximum Gasteiger partial charge on any atom is 0.118 e. The van der Waals surface area contributed by atoms with Crippen molar-refractivity contribution in [2.24, 2.45) is 5.92 Å². The van der Waals surface area contributed by atoms with Gasteiger partial charge in [0.1, 0.15) is 11.5 Å². The first kappa shape index (κ1) is 17.7. The standard InChI is InChI=1S/C21H29N3O2/c1-17-5-6-20(26-17)13-24-15-21(16-24)8-7-19(14-25-21)12-23(2)11-18-4-3-9-22-10-18/h3-6,9-10,19H,7-8,11-16H2,1-2H3/t19-/m0/s1. The molecule has 2 aromatic rings. The molecule has 0 saturated carbocycles. The third-order valence-electron chi connectivity index (χ3n) is 5.58. The minimum atomic E-state index is 0.0973. The van der Waals surface area contributed by atoms with E-state index < -0.39 is 0 Å². The minimum absolute atomic E-state index is 0.0973. The summed E-state index contributed by atoms with van der Waals surface area (Å²) in [4.78, 5) is 9.01. The van der Waals surface area contributed by atoms with Gasteiger partial charge in [-0.1, -0.05) is 6.07 Å². The van der Waals surface area contributed by atoms with Crippen molar-refractivity contribution in [3.8, 4) is 0 Å². The minimum Gasteiger partial charge on any atom is -0.465 e. The highest BCUT2D eigenvalue weighted by atomic mass is 16.5. The smallest absolute Gasteiger partial charge is 0.118 e. The van der Waals surface area contributed by atoms with Crippen molar-refractivity contribution in [3.05, 3.63) is 53.7 Å². The number of aromatic nitrogens is 1. The van der Waals surface area contributed by atoms with E-state index in [0.29, 0.717) is 5.92 Å². The summed E-state index contributed by atoms with van der Waals surface area (Å²) in [5, 5.41) is 0. The normalized spacial score (nSPS) is 22.7. The van der Waals surface area contributed by atoms with Crippen molar-refractivity contribution in [2.75, 3.05) is 33.3 Å². The molecule has 5 heteroatoms. The van der Waals surface area contributed by atoms with Gasteiger partial charge in [0.15, 0.2) is 0 Å². The molecule has 0 aromatic carbocycles. The largest absolute Gasteiger partial charge is 0.465 e. The van der Waals surface area contributed by atoms with Crippen molar-refractivity contribution in [1.82, 2.24) is 14.8 Å². The number of rotatable bonds is 6. The quantitative estimate of drug-likeness (QED) is 0.796. The molecule has 140 valence electrons. The van der Waals surface area contributed by atoms with Crippen LogP contribution in [-0.4, -0.2) is 53.7 Å². The summed E-state index contributed by atoms with van der Waals surface area (Å²) < 4.78 is 12.0. The van der Waals surface area contributed by atoms with E-state index >= 15 is 0 Å². The summed E-state index contributed by atoms with van der Waals surface area (Å²) in [6.45, 7) is 7.88. The molecule has 4 rings (SSSR count). The maximum absolute atomic E-state index is 6.33. The monoisotopic (exact) mass is 355 g/mol. The van der Waals surface area contributed by atoms with Crippen LogP contribution in [0, 0.1) is 12.8 Å². The van der Waals surface area contributed by atoms with Crippen LogP contribution in [0.3, 0.4) is 0 Å². The summed E-state index contributed by atoms with van der Waals surface area (Å²) in [7, 11) is 2.19. The van der Waals surface area contributed by atoms with Crippen LogP contribution in [0.15, 0.2) is 41.1 Å². The molecule has 2 aliphatic rings. The van der Waals surface area contributed by atoms with Crippen LogP contribution in [-0.2, 0) is 17.8 Å². The van der Waals surface area contributed by atoms with Crippen molar-refractivity contribution in [3.63, 3.8) is 0 Å². The third kappa shape index (κ3) is 4.17. The number of pyridine rings is 1. The van der Waals surface area contributed by atoms with Gasteiger partial charge in [-0.3, -0.25) is 9.88 Å². The molecule has 0 bridgehead atoms. The molecular weight excluding hydrogens is 326 g/mol. The molecule has 2 aromatic heterocycles. The average molecular weight is 355 g/mol. The molecule has 0 unspecified atom stereocenters. The van der Waals surface area contributed by atoms with E-state index in [2.05, 4.69) is 34.0 Å². The van der Waals surface area contributed by atoms with E-state index in [-0.39, 0.29) is 5.60 Å². The van der Waals surface area contributed by atoms with E-state index in [1.165, 1.54) is 18.4 Å². The predicted octanol–water partition coefficient (Wildman–Crippen LogP) is 3.10. The Balaban J connectivity index is 1.19. The maximum atomic E-state index is 6.33. The second-order valence-electron chi connectivity index (χ2n) is 8.11. The number of hydrogen-bond acceptors (Lipinski definition) is 5. The van der Waals surface area contributed by atoms with Gasteiger partial charge in [0.05, 0.1) is 18.8 Å².